The lowest BCUT2D eigenvalue weighted by Gasteiger charge is -2.43. The highest BCUT2D eigenvalue weighted by molar-refractivity contribution is 9.10. The molecule has 3 rings (SSSR count). The van der Waals surface area contributed by atoms with Crippen molar-refractivity contribution in [2.45, 2.75) is 38.1 Å². The molecule has 1 spiro atoms. The van der Waals surface area contributed by atoms with Crippen molar-refractivity contribution in [2.75, 3.05) is 24.5 Å². The van der Waals surface area contributed by atoms with Gasteiger partial charge in [-0.1, -0.05) is 34.8 Å². The maximum Gasteiger partial charge on any atom is 0.0408 e. The van der Waals surface area contributed by atoms with Gasteiger partial charge in [-0.05, 0) is 37.5 Å². The van der Waals surface area contributed by atoms with Crippen molar-refractivity contribution in [3.8, 4) is 0 Å². The molecule has 1 heterocycles. The van der Waals surface area contributed by atoms with Crippen molar-refractivity contribution >= 4 is 21.6 Å². The van der Waals surface area contributed by atoms with E-state index in [9.17, 15) is 0 Å². The van der Waals surface area contributed by atoms with Gasteiger partial charge < -0.3 is 10.2 Å². The SMILES string of the molecule is Cc1c(Br)cccc1N1CCNC2(CCCC2)C1. The second-order valence-corrected chi connectivity index (χ2v) is 6.57. The molecule has 0 unspecified atom stereocenters. The summed E-state index contributed by atoms with van der Waals surface area (Å²) in [5, 5.41) is 3.77. The van der Waals surface area contributed by atoms with Gasteiger partial charge in [-0.2, -0.15) is 0 Å². The molecule has 1 aliphatic heterocycles. The molecule has 98 valence electrons. The van der Waals surface area contributed by atoms with Crippen LogP contribution < -0.4 is 10.2 Å². The van der Waals surface area contributed by atoms with E-state index < -0.39 is 0 Å². The Morgan fingerprint density at radius 1 is 1.28 bits per heavy atom. The molecule has 1 aromatic rings. The third-order valence-corrected chi connectivity index (χ3v) is 5.37. The summed E-state index contributed by atoms with van der Waals surface area (Å²) in [6.45, 7) is 5.62. The van der Waals surface area contributed by atoms with Gasteiger partial charge in [-0.25, -0.2) is 0 Å². The Bertz CT molecular complexity index is 438. The Labute approximate surface area is 118 Å². The smallest absolute Gasteiger partial charge is 0.0408 e. The zero-order valence-corrected chi connectivity index (χ0v) is 12.6. The average molecular weight is 309 g/mol. The van der Waals surface area contributed by atoms with E-state index in [2.05, 4.69) is 51.3 Å². The van der Waals surface area contributed by atoms with Crippen LogP contribution in [0.25, 0.3) is 0 Å². The average Bonchev–Trinajstić information content (AvgIpc) is 2.81. The van der Waals surface area contributed by atoms with E-state index in [0.717, 1.165) is 13.1 Å². The Hall–Kier alpha value is -0.540. The van der Waals surface area contributed by atoms with Crippen LogP contribution in [0.3, 0.4) is 0 Å². The van der Waals surface area contributed by atoms with E-state index in [0.29, 0.717) is 5.54 Å². The Balaban J connectivity index is 1.85. The van der Waals surface area contributed by atoms with Gasteiger partial charge in [-0.15, -0.1) is 0 Å². The largest absolute Gasteiger partial charge is 0.368 e. The number of benzene rings is 1. The molecule has 0 radical (unpaired) electrons. The van der Waals surface area contributed by atoms with Crippen LogP contribution in [0.15, 0.2) is 22.7 Å². The van der Waals surface area contributed by atoms with Gasteiger partial charge in [0.05, 0.1) is 0 Å². The summed E-state index contributed by atoms with van der Waals surface area (Å²) in [4.78, 5) is 2.57. The van der Waals surface area contributed by atoms with Crippen molar-refractivity contribution in [1.29, 1.82) is 0 Å². The molecule has 3 heteroatoms. The molecule has 1 saturated carbocycles. The fraction of sp³-hybridized carbons (Fsp3) is 0.600. The molecule has 0 atom stereocenters. The van der Waals surface area contributed by atoms with Gasteiger partial charge in [0.15, 0.2) is 0 Å². The van der Waals surface area contributed by atoms with Crippen LogP contribution in [0.4, 0.5) is 5.69 Å². The molecular formula is C15H21BrN2. The highest BCUT2D eigenvalue weighted by Crippen LogP contribution is 2.35. The number of rotatable bonds is 1. The van der Waals surface area contributed by atoms with Gasteiger partial charge in [0.2, 0.25) is 0 Å². The number of hydrogen-bond donors (Lipinski definition) is 1. The number of hydrogen-bond acceptors (Lipinski definition) is 2. The van der Waals surface area contributed by atoms with Crippen molar-refractivity contribution in [2.24, 2.45) is 0 Å². The van der Waals surface area contributed by atoms with Crippen LogP contribution in [0.5, 0.6) is 0 Å². The standard InChI is InChI=1S/C15H21BrN2/c1-12-13(16)5-4-6-14(12)18-10-9-17-15(11-18)7-2-3-8-15/h4-6,17H,2-3,7-11H2,1H3. The molecule has 0 amide bonds. The Morgan fingerprint density at radius 3 is 2.83 bits per heavy atom. The lowest BCUT2D eigenvalue weighted by atomic mass is 9.94. The topological polar surface area (TPSA) is 15.3 Å². The van der Waals surface area contributed by atoms with Crippen molar-refractivity contribution in [3.05, 3.63) is 28.2 Å². The minimum absolute atomic E-state index is 0.396. The maximum absolute atomic E-state index is 3.77. The van der Waals surface area contributed by atoms with E-state index in [-0.39, 0.29) is 0 Å². The molecule has 2 fully saturated rings. The third kappa shape index (κ3) is 2.19. The molecule has 1 N–H and O–H groups in total. The first kappa shape index (κ1) is 12.5. The molecule has 0 bridgehead atoms. The second kappa shape index (κ2) is 4.86. The molecule has 2 nitrogen and oxygen atoms in total. The van der Waals surface area contributed by atoms with Gasteiger partial charge in [0, 0.05) is 35.3 Å². The fourth-order valence-electron chi connectivity index (χ4n) is 3.49. The molecule has 1 aromatic carbocycles. The quantitative estimate of drug-likeness (QED) is 0.854. The maximum atomic E-state index is 3.77. The first-order valence-corrected chi connectivity index (χ1v) is 7.75. The van der Waals surface area contributed by atoms with Crippen LogP contribution in [-0.4, -0.2) is 25.2 Å². The van der Waals surface area contributed by atoms with Crippen molar-refractivity contribution in [3.63, 3.8) is 0 Å². The van der Waals surface area contributed by atoms with Gasteiger partial charge in [0.1, 0.15) is 0 Å². The summed E-state index contributed by atoms with van der Waals surface area (Å²) < 4.78 is 1.22. The number of nitrogens with one attached hydrogen (secondary N) is 1. The Kier molecular flexibility index (Phi) is 3.37. The summed E-state index contributed by atoms with van der Waals surface area (Å²) in [6.07, 6.45) is 5.46. The number of piperazine rings is 1. The van der Waals surface area contributed by atoms with E-state index in [1.165, 1.54) is 48.0 Å². The van der Waals surface area contributed by atoms with Gasteiger partial charge in [-0.3, -0.25) is 0 Å². The summed E-state index contributed by atoms with van der Waals surface area (Å²) in [6, 6.07) is 6.54. The van der Waals surface area contributed by atoms with E-state index in [1.807, 2.05) is 0 Å². The van der Waals surface area contributed by atoms with Crippen LogP contribution in [0, 0.1) is 6.92 Å². The molecule has 18 heavy (non-hydrogen) atoms. The van der Waals surface area contributed by atoms with Gasteiger partial charge in [0.25, 0.3) is 0 Å². The lowest BCUT2D eigenvalue weighted by molar-refractivity contribution is 0.304. The van der Waals surface area contributed by atoms with E-state index in [4.69, 9.17) is 0 Å². The minimum Gasteiger partial charge on any atom is -0.368 e. The van der Waals surface area contributed by atoms with E-state index in [1.54, 1.807) is 0 Å². The van der Waals surface area contributed by atoms with Crippen LogP contribution >= 0.6 is 15.9 Å². The van der Waals surface area contributed by atoms with Gasteiger partial charge >= 0.3 is 0 Å². The van der Waals surface area contributed by atoms with Crippen LogP contribution in [0.1, 0.15) is 31.2 Å². The highest BCUT2D eigenvalue weighted by Gasteiger charge is 2.37. The normalized spacial score (nSPS) is 22.7. The fourth-order valence-corrected chi connectivity index (χ4v) is 3.84. The number of halogens is 1. The number of nitrogens with zero attached hydrogens (tertiary/aromatic N) is 1. The zero-order valence-electron chi connectivity index (χ0n) is 11.0. The Morgan fingerprint density at radius 2 is 2.06 bits per heavy atom. The number of anilines is 1. The zero-order chi connectivity index (χ0) is 12.6. The van der Waals surface area contributed by atoms with Crippen molar-refractivity contribution < 1.29 is 0 Å². The summed E-state index contributed by atoms with van der Waals surface area (Å²) >= 11 is 3.65. The third-order valence-electron chi connectivity index (χ3n) is 4.52. The minimum atomic E-state index is 0.396. The predicted octanol–water partition coefficient (Wildman–Crippen LogP) is 3.48. The van der Waals surface area contributed by atoms with E-state index >= 15 is 0 Å². The predicted molar refractivity (Wildman–Crippen MR) is 80.3 cm³/mol. The lowest BCUT2D eigenvalue weighted by Crippen LogP contribution is -2.59. The van der Waals surface area contributed by atoms with Crippen molar-refractivity contribution in [1.82, 2.24) is 5.32 Å². The first-order valence-electron chi connectivity index (χ1n) is 6.95. The summed E-state index contributed by atoms with van der Waals surface area (Å²) in [5.74, 6) is 0. The molecule has 1 saturated heterocycles. The molecular weight excluding hydrogens is 288 g/mol. The summed E-state index contributed by atoms with van der Waals surface area (Å²) in [7, 11) is 0. The molecule has 1 aliphatic carbocycles. The molecule has 0 aromatic heterocycles. The van der Waals surface area contributed by atoms with Crippen LogP contribution in [-0.2, 0) is 0 Å². The van der Waals surface area contributed by atoms with Crippen LogP contribution in [0.2, 0.25) is 0 Å². The second-order valence-electron chi connectivity index (χ2n) is 5.72. The molecule has 2 aliphatic rings. The summed E-state index contributed by atoms with van der Waals surface area (Å²) in [5.41, 5.74) is 3.16. The highest BCUT2D eigenvalue weighted by atomic mass is 79.9. The monoisotopic (exact) mass is 308 g/mol. The first-order chi connectivity index (χ1) is 8.70.